The van der Waals surface area contributed by atoms with Gasteiger partial charge < -0.3 is 11.1 Å². The molecule has 0 saturated carbocycles. The maximum atomic E-state index is 11.3. The molecule has 2 aromatic heterocycles. The highest BCUT2D eigenvalue weighted by atomic mass is 16.6. The number of H-pyrrole nitrogens is 1. The van der Waals surface area contributed by atoms with E-state index in [1.54, 1.807) is 13.2 Å². The molecule has 0 saturated heterocycles. The number of nitrogens with two attached hydrogens (primary N) is 1. The van der Waals surface area contributed by atoms with Crippen LogP contribution in [0.25, 0.3) is 0 Å². The minimum Gasteiger partial charge on any atom is -0.384 e. The van der Waals surface area contributed by atoms with Crippen molar-refractivity contribution in [2.24, 2.45) is 7.05 Å². The molecule has 2 heterocycles. The minimum absolute atomic E-state index is 0.00423. The Kier molecular flexibility index (Phi) is 3.59. The van der Waals surface area contributed by atoms with E-state index < -0.39 is 4.92 Å². The molecule has 0 atom stereocenters. The Morgan fingerprint density at radius 1 is 1.60 bits per heavy atom. The van der Waals surface area contributed by atoms with Crippen LogP contribution in [-0.4, -0.2) is 24.9 Å². The first-order valence-corrected chi connectivity index (χ1v) is 6.14. The zero-order valence-electron chi connectivity index (χ0n) is 11.5. The summed E-state index contributed by atoms with van der Waals surface area (Å²) in [5.41, 5.74) is 6.88. The number of hydrogen-bond donors (Lipinski definition) is 3. The molecule has 9 heteroatoms. The standard InChI is InChI=1S/C11H17N7O2/c1-6(2)8-9(18(19)20)11(17(3)16-8)13-4-7-5-14-15-10(7)12/h5-6,13H,4H2,1-3H3,(H3,12,14,15). The molecule has 4 N–H and O–H groups in total. The van der Waals surface area contributed by atoms with Gasteiger partial charge in [-0.25, -0.2) is 4.68 Å². The van der Waals surface area contributed by atoms with Crippen molar-refractivity contribution in [2.75, 3.05) is 11.1 Å². The monoisotopic (exact) mass is 279 g/mol. The lowest BCUT2D eigenvalue weighted by Crippen LogP contribution is -2.07. The fourth-order valence-electron chi connectivity index (χ4n) is 1.94. The van der Waals surface area contributed by atoms with E-state index in [4.69, 9.17) is 5.73 Å². The minimum atomic E-state index is -0.413. The molecule has 0 fully saturated rings. The van der Waals surface area contributed by atoms with Crippen LogP contribution in [0, 0.1) is 10.1 Å². The van der Waals surface area contributed by atoms with Crippen LogP contribution >= 0.6 is 0 Å². The van der Waals surface area contributed by atoms with E-state index >= 15 is 0 Å². The first-order chi connectivity index (χ1) is 9.41. The van der Waals surface area contributed by atoms with Gasteiger partial charge in [-0.3, -0.25) is 15.2 Å². The van der Waals surface area contributed by atoms with Crippen molar-refractivity contribution in [1.29, 1.82) is 0 Å². The van der Waals surface area contributed by atoms with Crippen LogP contribution in [-0.2, 0) is 13.6 Å². The summed E-state index contributed by atoms with van der Waals surface area (Å²) in [6, 6.07) is 0. The molecule has 9 nitrogen and oxygen atoms in total. The highest BCUT2D eigenvalue weighted by Gasteiger charge is 2.28. The van der Waals surface area contributed by atoms with Gasteiger partial charge in [0.25, 0.3) is 0 Å². The summed E-state index contributed by atoms with van der Waals surface area (Å²) in [7, 11) is 1.67. The fraction of sp³-hybridized carbons (Fsp3) is 0.455. The van der Waals surface area contributed by atoms with Gasteiger partial charge in [-0.05, 0) is 0 Å². The van der Waals surface area contributed by atoms with Crippen molar-refractivity contribution >= 4 is 17.3 Å². The van der Waals surface area contributed by atoms with Crippen LogP contribution in [0.5, 0.6) is 0 Å². The van der Waals surface area contributed by atoms with Gasteiger partial charge in [0.1, 0.15) is 11.5 Å². The smallest absolute Gasteiger partial charge is 0.334 e. The molecule has 2 aromatic rings. The summed E-state index contributed by atoms with van der Waals surface area (Å²) in [6.45, 7) is 4.07. The maximum absolute atomic E-state index is 11.3. The van der Waals surface area contributed by atoms with E-state index in [1.165, 1.54) is 4.68 Å². The van der Waals surface area contributed by atoms with Gasteiger partial charge in [0.15, 0.2) is 0 Å². The van der Waals surface area contributed by atoms with Crippen LogP contribution in [0.4, 0.5) is 17.3 Å². The SMILES string of the molecule is CC(C)c1nn(C)c(NCc2cn[nH]c2N)c1[N+](=O)[O-]. The lowest BCUT2D eigenvalue weighted by atomic mass is 10.1. The second-order valence-electron chi connectivity index (χ2n) is 4.78. The second-order valence-corrected chi connectivity index (χ2v) is 4.78. The van der Waals surface area contributed by atoms with Gasteiger partial charge >= 0.3 is 5.69 Å². The Balaban J connectivity index is 2.31. The largest absolute Gasteiger partial charge is 0.384 e. The average molecular weight is 279 g/mol. The van der Waals surface area contributed by atoms with Crippen molar-refractivity contribution < 1.29 is 4.92 Å². The summed E-state index contributed by atoms with van der Waals surface area (Å²) >= 11 is 0. The van der Waals surface area contributed by atoms with Gasteiger partial charge in [0, 0.05) is 25.1 Å². The highest BCUT2D eigenvalue weighted by molar-refractivity contribution is 5.61. The number of anilines is 2. The van der Waals surface area contributed by atoms with E-state index in [0.29, 0.717) is 23.9 Å². The Hall–Kier alpha value is -2.58. The van der Waals surface area contributed by atoms with E-state index in [0.717, 1.165) is 5.56 Å². The number of aryl methyl sites for hydroxylation is 1. The summed E-state index contributed by atoms with van der Waals surface area (Å²) in [5.74, 6) is 0.766. The quantitative estimate of drug-likeness (QED) is 0.560. The first kappa shape index (κ1) is 13.8. The maximum Gasteiger partial charge on any atom is 0.334 e. The van der Waals surface area contributed by atoms with Crippen molar-refractivity contribution in [3.05, 3.63) is 27.6 Å². The Labute approximate surface area is 115 Å². The van der Waals surface area contributed by atoms with Crippen LogP contribution in [0.2, 0.25) is 0 Å². The number of nitrogens with zero attached hydrogens (tertiary/aromatic N) is 4. The summed E-state index contributed by atoms with van der Waals surface area (Å²) in [6.07, 6.45) is 1.58. The zero-order valence-corrected chi connectivity index (χ0v) is 11.5. The molecule has 0 aliphatic rings. The van der Waals surface area contributed by atoms with E-state index in [2.05, 4.69) is 20.6 Å². The van der Waals surface area contributed by atoms with E-state index in [1.807, 2.05) is 13.8 Å². The summed E-state index contributed by atoms with van der Waals surface area (Å²) in [4.78, 5) is 10.8. The average Bonchev–Trinajstić information content (AvgIpc) is 2.90. The molecule has 0 radical (unpaired) electrons. The van der Waals surface area contributed by atoms with Gasteiger partial charge in [-0.2, -0.15) is 10.2 Å². The molecule has 0 unspecified atom stereocenters. The number of aromatic amines is 1. The molecular formula is C11H17N7O2. The number of nitrogens with one attached hydrogen (secondary N) is 2. The molecular weight excluding hydrogens is 262 g/mol. The normalized spacial score (nSPS) is 11.0. The Morgan fingerprint density at radius 2 is 2.30 bits per heavy atom. The molecule has 0 aromatic carbocycles. The number of nitrogen functional groups attached to an aromatic ring is 1. The molecule has 20 heavy (non-hydrogen) atoms. The summed E-state index contributed by atoms with van der Waals surface area (Å²) in [5, 5.41) is 24.9. The third kappa shape index (κ3) is 2.42. The fourth-order valence-corrected chi connectivity index (χ4v) is 1.94. The molecule has 0 bridgehead atoms. The third-order valence-electron chi connectivity index (χ3n) is 2.98. The predicted octanol–water partition coefficient (Wildman–Crippen LogP) is 1.37. The van der Waals surface area contributed by atoms with Gasteiger partial charge in [0.05, 0.1) is 11.1 Å². The number of nitro groups is 1. The molecule has 0 aliphatic heterocycles. The van der Waals surface area contributed by atoms with Crippen molar-refractivity contribution in [3.63, 3.8) is 0 Å². The van der Waals surface area contributed by atoms with Crippen LogP contribution < -0.4 is 11.1 Å². The van der Waals surface area contributed by atoms with Crippen molar-refractivity contribution in [1.82, 2.24) is 20.0 Å². The highest BCUT2D eigenvalue weighted by Crippen LogP contribution is 2.33. The second kappa shape index (κ2) is 5.19. The van der Waals surface area contributed by atoms with Crippen LogP contribution in [0.1, 0.15) is 31.0 Å². The topological polar surface area (TPSA) is 128 Å². The molecule has 0 amide bonds. The van der Waals surface area contributed by atoms with Gasteiger partial charge in [-0.15, -0.1) is 0 Å². The summed E-state index contributed by atoms with van der Waals surface area (Å²) < 4.78 is 1.48. The Bertz CT molecular complexity index is 629. The van der Waals surface area contributed by atoms with Gasteiger partial charge in [-0.1, -0.05) is 13.8 Å². The zero-order chi connectivity index (χ0) is 14.9. The van der Waals surface area contributed by atoms with Crippen LogP contribution in [0.3, 0.4) is 0 Å². The first-order valence-electron chi connectivity index (χ1n) is 6.14. The Morgan fingerprint density at radius 3 is 2.80 bits per heavy atom. The number of rotatable bonds is 5. The predicted molar refractivity (Wildman–Crippen MR) is 74.3 cm³/mol. The van der Waals surface area contributed by atoms with E-state index in [9.17, 15) is 10.1 Å². The molecule has 0 aliphatic carbocycles. The van der Waals surface area contributed by atoms with Crippen molar-refractivity contribution in [2.45, 2.75) is 26.3 Å². The van der Waals surface area contributed by atoms with E-state index in [-0.39, 0.29) is 11.6 Å². The van der Waals surface area contributed by atoms with Crippen molar-refractivity contribution in [3.8, 4) is 0 Å². The molecule has 0 spiro atoms. The number of aromatic nitrogens is 4. The molecule has 108 valence electrons. The molecule has 2 rings (SSSR count). The lowest BCUT2D eigenvalue weighted by molar-refractivity contribution is -0.384. The number of hydrogen-bond acceptors (Lipinski definition) is 6. The third-order valence-corrected chi connectivity index (χ3v) is 2.98. The van der Waals surface area contributed by atoms with Crippen LogP contribution in [0.15, 0.2) is 6.20 Å². The van der Waals surface area contributed by atoms with Gasteiger partial charge in [0.2, 0.25) is 5.82 Å². The lowest BCUT2D eigenvalue weighted by Gasteiger charge is -2.05.